The lowest BCUT2D eigenvalue weighted by Crippen LogP contribution is -2.03. The summed E-state index contributed by atoms with van der Waals surface area (Å²) in [5, 5.41) is 0.669. The fourth-order valence-corrected chi connectivity index (χ4v) is 2.95. The normalized spacial score (nSPS) is 12.9. The van der Waals surface area contributed by atoms with Gasteiger partial charge < -0.3 is 4.74 Å². The van der Waals surface area contributed by atoms with E-state index in [0.29, 0.717) is 11.4 Å². The SMILES string of the molecule is Cc1cc(Cl)ccc1C(=O)CCc1ccc2c(c1)CCO2. The lowest BCUT2D eigenvalue weighted by atomic mass is 9.98. The fourth-order valence-electron chi connectivity index (χ4n) is 2.73. The van der Waals surface area contributed by atoms with Crippen molar-refractivity contribution in [3.05, 3.63) is 63.7 Å². The maximum atomic E-state index is 12.3. The second kappa shape index (κ2) is 5.90. The summed E-state index contributed by atoms with van der Waals surface area (Å²) in [6, 6.07) is 11.6. The lowest BCUT2D eigenvalue weighted by Gasteiger charge is -2.07. The number of carbonyl (C=O) groups is 1. The van der Waals surface area contributed by atoms with Crippen LogP contribution >= 0.6 is 11.6 Å². The topological polar surface area (TPSA) is 26.3 Å². The highest BCUT2D eigenvalue weighted by Gasteiger charge is 2.13. The Morgan fingerprint density at radius 3 is 2.90 bits per heavy atom. The van der Waals surface area contributed by atoms with Crippen molar-refractivity contribution in [3.8, 4) is 5.75 Å². The molecule has 3 heteroatoms. The van der Waals surface area contributed by atoms with Crippen molar-refractivity contribution in [1.82, 2.24) is 0 Å². The summed E-state index contributed by atoms with van der Waals surface area (Å²) in [5.41, 5.74) is 4.15. The summed E-state index contributed by atoms with van der Waals surface area (Å²) in [7, 11) is 0. The Balaban J connectivity index is 1.68. The number of aryl methyl sites for hydroxylation is 2. The van der Waals surface area contributed by atoms with Crippen LogP contribution in [0.4, 0.5) is 0 Å². The van der Waals surface area contributed by atoms with E-state index in [1.54, 1.807) is 6.07 Å². The lowest BCUT2D eigenvalue weighted by molar-refractivity contribution is 0.0982. The first-order valence-electron chi connectivity index (χ1n) is 7.17. The van der Waals surface area contributed by atoms with Gasteiger partial charge in [-0.05, 0) is 54.3 Å². The van der Waals surface area contributed by atoms with Gasteiger partial charge >= 0.3 is 0 Å². The Labute approximate surface area is 129 Å². The highest BCUT2D eigenvalue weighted by molar-refractivity contribution is 6.30. The van der Waals surface area contributed by atoms with E-state index in [0.717, 1.165) is 36.3 Å². The molecule has 0 N–H and O–H groups in total. The third-order valence-electron chi connectivity index (χ3n) is 3.88. The molecule has 1 heterocycles. The minimum absolute atomic E-state index is 0.168. The van der Waals surface area contributed by atoms with Gasteiger partial charge in [-0.25, -0.2) is 0 Å². The maximum absolute atomic E-state index is 12.3. The van der Waals surface area contributed by atoms with E-state index < -0.39 is 0 Å². The van der Waals surface area contributed by atoms with Gasteiger partial charge in [0.05, 0.1) is 6.61 Å². The summed E-state index contributed by atoms with van der Waals surface area (Å²) >= 11 is 5.93. The second-order valence-corrected chi connectivity index (χ2v) is 5.86. The number of hydrogen-bond donors (Lipinski definition) is 0. The van der Waals surface area contributed by atoms with Crippen LogP contribution in [0.5, 0.6) is 5.75 Å². The molecule has 2 aromatic carbocycles. The highest BCUT2D eigenvalue weighted by atomic mass is 35.5. The van der Waals surface area contributed by atoms with Crippen molar-refractivity contribution in [2.24, 2.45) is 0 Å². The number of ether oxygens (including phenoxy) is 1. The molecule has 0 atom stereocenters. The number of hydrogen-bond acceptors (Lipinski definition) is 2. The molecule has 3 rings (SSSR count). The number of benzene rings is 2. The van der Waals surface area contributed by atoms with Gasteiger partial charge in [-0.2, -0.15) is 0 Å². The first-order chi connectivity index (χ1) is 10.1. The molecule has 21 heavy (non-hydrogen) atoms. The van der Waals surface area contributed by atoms with Crippen molar-refractivity contribution >= 4 is 17.4 Å². The molecular weight excluding hydrogens is 284 g/mol. The van der Waals surface area contributed by atoms with Crippen molar-refractivity contribution in [2.75, 3.05) is 6.61 Å². The number of carbonyl (C=O) groups excluding carboxylic acids is 1. The molecule has 0 saturated heterocycles. The van der Waals surface area contributed by atoms with Gasteiger partial charge in [0.2, 0.25) is 0 Å². The summed E-state index contributed by atoms with van der Waals surface area (Å²) < 4.78 is 5.50. The summed E-state index contributed by atoms with van der Waals surface area (Å²) in [4.78, 5) is 12.3. The minimum Gasteiger partial charge on any atom is -0.493 e. The molecule has 1 aliphatic rings. The number of Topliss-reactive ketones (excluding diaryl/α,β-unsaturated/α-hetero) is 1. The van der Waals surface area contributed by atoms with Gasteiger partial charge in [0, 0.05) is 23.4 Å². The van der Waals surface area contributed by atoms with E-state index in [1.165, 1.54) is 11.1 Å². The van der Waals surface area contributed by atoms with E-state index in [-0.39, 0.29) is 5.78 Å². The maximum Gasteiger partial charge on any atom is 0.163 e. The molecular formula is C18H17ClO2. The molecule has 0 aliphatic carbocycles. The van der Waals surface area contributed by atoms with Crippen LogP contribution in [-0.2, 0) is 12.8 Å². The van der Waals surface area contributed by atoms with Gasteiger partial charge in [-0.15, -0.1) is 0 Å². The van der Waals surface area contributed by atoms with Crippen LogP contribution in [0.3, 0.4) is 0 Å². The Morgan fingerprint density at radius 1 is 1.24 bits per heavy atom. The molecule has 0 spiro atoms. The Kier molecular flexibility index (Phi) is 3.98. The predicted molar refractivity (Wildman–Crippen MR) is 84.5 cm³/mol. The van der Waals surface area contributed by atoms with E-state index in [2.05, 4.69) is 6.07 Å². The van der Waals surface area contributed by atoms with Crippen molar-refractivity contribution < 1.29 is 9.53 Å². The van der Waals surface area contributed by atoms with Gasteiger partial charge in [0.25, 0.3) is 0 Å². The molecule has 0 amide bonds. The largest absolute Gasteiger partial charge is 0.493 e. The highest BCUT2D eigenvalue weighted by Crippen LogP contribution is 2.26. The standard InChI is InChI=1S/C18H17ClO2/c1-12-10-15(19)4-5-16(12)17(20)6-2-13-3-7-18-14(11-13)8-9-21-18/h3-5,7,10-11H,2,6,8-9H2,1H3. The van der Waals surface area contributed by atoms with E-state index in [1.807, 2.05) is 31.2 Å². The van der Waals surface area contributed by atoms with E-state index >= 15 is 0 Å². The van der Waals surface area contributed by atoms with Crippen molar-refractivity contribution in [3.63, 3.8) is 0 Å². The number of halogens is 1. The van der Waals surface area contributed by atoms with Crippen LogP contribution in [0.15, 0.2) is 36.4 Å². The monoisotopic (exact) mass is 300 g/mol. The van der Waals surface area contributed by atoms with Gasteiger partial charge in [0.1, 0.15) is 5.75 Å². The zero-order valence-corrected chi connectivity index (χ0v) is 12.7. The molecule has 2 nitrogen and oxygen atoms in total. The average Bonchev–Trinajstić information content (AvgIpc) is 2.92. The van der Waals surface area contributed by atoms with Gasteiger partial charge in [0.15, 0.2) is 5.78 Å². The molecule has 0 aromatic heterocycles. The van der Waals surface area contributed by atoms with E-state index in [9.17, 15) is 4.79 Å². The molecule has 0 fully saturated rings. The molecule has 0 unspecified atom stereocenters. The third-order valence-corrected chi connectivity index (χ3v) is 4.12. The first-order valence-corrected chi connectivity index (χ1v) is 7.55. The van der Waals surface area contributed by atoms with Crippen LogP contribution in [-0.4, -0.2) is 12.4 Å². The Hall–Kier alpha value is -1.80. The Bertz CT molecular complexity index is 692. The number of fused-ring (bicyclic) bond motifs is 1. The number of rotatable bonds is 4. The summed E-state index contributed by atoms with van der Waals surface area (Å²) in [5.74, 6) is 1.15. The molecule has 108 valence electrons. The zero-order chi connectivity index (χ0) is 14.8. The second-order valence-electron chi connectivity index (χ2n) is 5.42. The quantitative estimate of drug-likeness (QED) is 0.782. The summed E-state index contributed by atoms with van der Waals surface area (Å²) in [6.45, 7) is 2.69. The van der Waals surface area contributed by atoms with Crippen LogP contribution < -0.4 is 4.74 Å². The van der Waals surface area contributed by atoms with Crippen molar-refractivity contribution in [2.45, 2.75) is 26.2 Å². The van der Waals surface area contributed by atoms with E-state index in [4.69, 9.17) is 16.3 Å². The Morgan fingerprint density at radius 2 is 2.10 bits per heavy atom. The molecule has 0 saturated carbocycles. The first kappa shape index (κ1) is 14.2. The minimum atomic E-state index is 0.168. The van der Waals surface area contributed by atoms with Crippen LogP contribution in [0.25, 0.3) is 0 Å². The van der Waals surface area contributed by atoms with Crippen LogP contribution in [0.1, 0.15) is 33.5 Å². The average molecular weight is 301 g/mol. The van der Waals surface area contributed by atoms with Gasteiger partial charge in [-0.1, -0.05) is 23.7 Å². The van der Waals surface area contributed by atoms with Gasteiger partial charge in [-0.3, -0.25) is 4.79 Å². The summed E-state index contributed by atoms with van der Waals surface area (Å²) in [6.07, 6.45) is 2.24. The third kappa shape index (κ3) is 3.11. The number of ketones is 1. The van der Waals surface area contributed by atoms with Crippen LogP contribution in [0, 0.1) is 6.92 Å². The molecule has 0 radical (unpaired) electrons. The zero-order valence-electron chi connectivity index (χ0n) is 12.0. The molecule has 0 bridgehead atoms. The smallest absolute Gasteiger partial charge is 0.163 e. The predicted octanol–water partition coefficient (Wildman–Crippen LogP) is 4.40. The molecule has 1 aliphatic heterocycles. The fraction of sp³-hybridized carbons (Fsp3) is 0.278. The van der Waals surface area contributed by atoms with Crippen LogP contribution in [0.2, 0.25) is 5.02 Å². The molecule has 2 aromatic rings. The van der Waals surface area contributed by atoms with Crippen molar-refractivity contribution in [1.29, 1.82) is 0 Å².